The van der Waals surface area contributed by atoms with E-state index in [0.29, 0.717) is 23.9 Å². The summed E-state index contributed by atoms with van der Waals surface area (Å²) in [6, 6.07) is 0. The Morgan fingerprint density at radius 3 is 1.45 bits per heavy atom. The van der Waals surface area contributed by atoms with Crippen LogP contribution in [-0.2, 0) is 32.7 Å². The van der Waals surface area contributed by atoms with E-state index in [0.717, 1.165) is 64.2 Å². The lowest BCUT2D eigenvalue weighted by Gasteiger charge is -2.28. The molecule has 0 aliphatic heterocycles. The highest BCUT2D eigenvalue weighted by Crippen LogP contribution is 2.38. The number of rotatable bonds is 40. The summed E-state index contributed by atoms with van der Waals surface area (Å²) in [7, 11) is 1.12. The van der Waals surface area contributed by atoms with Gasteiger partial charge in [0.25, 0.3) is 7.82 Å². The van der Waals surface area contributed by atoms with Crippen LogP contribution in [-0.4, -0.2) is 70.0 Å². The fraction of sp³-hybridized carbons (Fsp3) is 0.708. The number of likely N-dealkylation sites (N-methyl/N-ethyl adjacent to an activating group) is 1. The summed E-state index contributed by atoms with van der Waals surface area (Å²) in [5, 5.41) is 0. The number of nitrogens with zero attached hydrogens (tertiary/aromatic N) is 1. The summed E-state index contributed by atoms with van der Waals surface area (Å²) < 4.78 is 33.8. The van der Waals surface area contributed by atoms with Crippen molar-refractivity contribution < 1.29 is 42.1 Å². The predicted molar refractivity (Wildman–Crippen MR) is 240 cm³/mol. The van der Waals surface area contributed by atoms with Gasteiger partial charge in [-0.2, -0.15) is 0 Å². The second-order valence-electron chi connectivity index (χ2n) is 16.1. The zero-order valence-corrected chi connectivity index (χ0v) is 38.4. The summed E-state index contributed by atoms with van der Waals surface area (Å²) in [5.41, 5.74) is 0. The summed E-state index contributed by atoms with van der Waals surface area (Å²) in [5.74, 6) is -0.915. The van der Waals surface area contributed by atoms with Gasteiger partial charge in [-0.15, -0.1) is 0 Å². The van der Waals surface area contributed by atoms with E-state index in [4.69, 9.17) is 18.5 Å². The Hall–Kier alpha value is -2.55. The van der Waals surface area contributed by atoms with E-state index in [2.05, 4.69) is 86.8 Å². The highest BCUT2D eigenvalue weighted by atomic mass is 31.2. The van der Waals surface area contributed by atoms with Gasteiger partial charge in [0.2, 0.25) is 0 Å². The number of unbranched alkanes of at least 4 members (excludes halogenated alkanes) is 14. The van der Waals surface area contributed by atoms with E-state index in [1.807, 2.05) is 21.1 Å². The largest absolute Gasteiger partial charge is 0.756 e. The molecule has 0 aromatic heterocycles. The monoisotopic (exact) mass is 834 g/mol. The number of allylic oxidation sites excluding steroid dienone is 12. The molecule has 0 heterocycles. The summed E-state index contributed by atoms with van der Waals surface area (Å²) in [6.07, 6.45) is 49.3. The topological polar surface area (TPSA) is 111 Å². The normalized spacial score (nSPS) is 14.2. The van der Waals surface area contributed by atoms with Crippen LogP contribution in [0, 0.1) is 0 Å². The minimum atomic E-state index is -4.65. The van der Waals surface area contributed by atoms with Gasteiger partial charge in [0.05, 0.1) is 27.7 Å². The maximum Gasteiger partial charge on any atom is 0.306 e. The second-order valence-corrected chi connectivity index (χ2v) is 17.5. The molecule has 0 saturated heterocycles. The second kappa shape index (κ2) is 39.9. The number of phosphoric acid groups is 1. The number of carbonyl (C=O) groups is 2. The standard InChI is InChI=1S/C48H84NO8P/c1-6-8-10-12-14-16-18-20-22-23-24-25-27-29-31-33-35-37-39-41-48(51)57-46(45-56-58(52,53)55-43-42-49(3,4)5)44-54-47(50)40-38-36-34-32-30-28-26-21-19-17-15-13-11-9-7-2/h14,16,20-22,24-26,29-32,46H,6-13,15,17-19,23,27-28,33-45H2,1-5H3/b16-14+,22-20+,25-24+,26-21+,31-29+,32-30+/t46-/m1/s1. The Morgan fingerprint density at radius 1 is 0.534 bits per heavy atom. The molecule has 0 amide bonds. The van der Waals surface area contributed by atoms with E-state index in [1.165, 1.54) is 64.2 Å². The van der Waals surface area contributed by atoms with Crippen LogP contribution < -0.4 is 4.89 Å². The number of quaternary nitrogens is 1. The van der Waals surface area contributed by atoms with Crippen molar-refractivity contribution in [3.8, 4) is 0 Å². The molecule has 1 unspecified atom stereocenters. The van der Waals surface area contributed by atoms with Crippen LogP contribution in [0.5, 0.6) is 0 Å². The minimum Gasteiger partial charge on any atom is -0.756 e. The van der Waals surface area contributed by atoms with Gasteiger partial charge in [-0.25, -0.2) is 0 Å². The third kappa shape index (κ3) is 43.0. The lowest BCUT2D eigenvalue weighted by Crippen LogP contribution is -2.37. The van der Waals surface area contributed by atoms with Crippen LogP contribution in [0.2, 0.25) is 0 Å². The first kappa shape index (κ1) is 55.5. The van der Waals surface area contributed by atoms with Crippen molar-refractivity contribution in [2.45, 2.75) is 174 Å². The van der Waals surface area contributed by atoms with E-state index < -0.39 is 32.5 Å². The number of esters is 2. The predicted octanol–water partition coefficient (Wildman–Crippen LogP) is 12.4. The Balaban J connectivity index is 4.48. The first-order valence-electron chi connectivity index (χ1n) is 22.6. The van der Waals surface area contributed by atoms with Crippen molar-refractivity contribution in [3.63, 3.8) is 0 Å². The van der Waals surface area contributed by atoms with Crippen LogP contribution in [0.15, 0.2) is 72.9 Å². The quantitative estimate of drug-likeness (QED) is 0.0197. The van der Waals surface area contributed by atoms with Crippen molar-refractivity contribution in [1.29, 1.82) is 0 Å². The Bertz CT molecular complexity index is 1220. The third-order valence-corrected chi connectivity index (χ3v) is 10.2. The lowest BCUT2D eigenvalue weighted by atomic mass is 10.1. The van der Waals surface area contributed by atoms with E-state index in [9.17, 15) is 19.0 Å². The summed E-state index contributed by atoms with van der Waals surface area (Å²) in [4.78, 5) is 37.5. The van der Waals surface area contributed by atoms with E-state index in [1.54, 1.807) is 0 Å². The van der Waals surface area contributed by atoms with E-state index in [-0.39, 0.29) is 26.1 Å². The number of hydrogen-bond acceptors (Lipinski definition) is 8. The Morgan fingerprint density at radius 2 is 0.931 bits per heavy atom. The molecule has 10 heteroatoms. The van der Waals surface area contributed by atoms with Crippen LogP contribution in [0.25, 0.3) is 0 Å². The third-order valence-electron chi connectivity index (χ3n) is 9.20. The molecule has 0 aromatic carbocycles. The number of hydrogen-bond donors (Lipinski definition) is 0. The molecular formula is C48H84NO8P. The van der Waals surface area contributed by atoms with Gasteiger partial charge in [0, 0.05) is 12.8 Å². The van der Waals surface area contributed by atoms with Gasteiger partial charge in [0.1, 0.15) is 19.8 Å². The fourth-order valence-electron chi connectivity index (χ4n) is 5.61. The average molecular weight is 834 g/mol. The molecule has 0 aromatic rings. The molecule has 334 valence electrons. The van der Waals surface area contributed by atoms with Crippen LogP contribution >= 0.6 is 7.82 Å². The van der Waals surface area contributed by atoms with E-state index >= 15 is 0 Å². The average Bonchev–Trinajstić information content (AvgIpc) is 3.17. The number of ether oxygens (including phenoxy) is 2. The molecule has 0 aliphatic rings. The molecule has 0 spiro atoms. The molecule has 0 aliphatic carbocycles. The van der Waals surface area contributed by atoms with Gasteiger partial charge in [-0.1, -0.05) is 138 Å². The summed E-state index contributed by atoms with van der Waals surface area (Å²) >= 11 is 0. The van der Waals surface area contributed by atoms with Crippen molar-refractivity contribution >= 4 is 19.8 Å². The van der Waals surface area contributed by atoms with Gasteiger partial charge in [-0.05, 0) is 89.9 Å². The zero-order chi connectivity index (χ0) is 42.8. The van der Waals surface area contributed by atoms with Crippen molar-refractivity contribution in [1.82, 2.24) is 0 Å². The maximum atomic E-state index is 12.7. The maximum absolute atomic E-state index is 12.7. The fourth-order valence-corrected chi connectivity index (χ4v) is 6.34. The number of carbonyl (C=O) groups excluding carboxylic acids is 2. The van der Waals surface area contributed by atoms with Gasteiger partial charge >= 0.3 is 11.9 Å². The van der Waals surface area contributed by atoms with Crippen LogP contribution in [0.1, 0.15) is 168 Å². The first-order chi connectivity index (χ1) is 28.0. The van der Waals surface area contributed by atoms with Gasteiger partial charge in [0.15, 0.2) is 6.10 Å². The summed E-state index contributed by atoms with van der Waals surface area (Å²) in [6.45, 7) is 4.10. The molecule has 9 nitrogen and oxygen atoms in total. The molecular weight excluding hydrogens is 750 g/mol. The first-order valence-corrected chi connectivity index (χ1v) is 24.1. The highest BCUT2D eigenvalue weighted by molar-refractivity contribution is 7.45. The van der Waals surface area contributed by atoms with Gasteiger partial charge in [-0.3, -0.25) is 14.2 Å². The Labute approximate surface area is 355 Å². The van der Waals surface area contributed by atoms with Crippen LogP contribution in [0.3, 0.4) is 0 Å². The molecule has 2 atom stereocenters. The molecule has 0 N–H and O–H groups in total. The van der Waals surface area contributed by atoms with Gasteiger partial charge < -0.3 is 27.9 Å². The molecule has 0 fully saturated rings. The molecule has 0 rings (SSSR count). The lowest BCUT2D eigenvalue weighted by molar-refractivity contribution is -0.870. The molecule has 0 bridgehead atoms. The molecule has 58 heavy (non-hydrogen) atoms. The number of phosphoric ester groups is 1. The molecule has 0 saturated carbocycles. The van der Waals surface area contributed by atoms with Crippen LogP contribution in [0.4, 0.5) is 0 Å². The Kier molecular flexibility index (Phi) is 38.1. The SMILES string of the molecule is CCCCC/C=C/C/C=C/C/C=C/C/C=C/CCCCCC(=O)O[C@H](COC(=O)CCCC/C=C/C/C=C/CCCCCCCC)COP(=O)([O-])OCC[N+](C)(C)C. The zero-order valence-electron chi connectivity index (χ0n) is 37.5. The highest BCUT2D eigenvalue weighted by Gasteiger charge is 2.21. The smallest absolute Gasteiger partial charge is 0.306 e. The van der Waals surface area contributed by atoms with Crippen molar-refractivity contribution in [2.24, 2.45) is 0 Å². The van der Waals surface area contributed by atoms with Crippen molar-refractivity contribution in [3.05, 3.63) is 72.9 Å². The minimum absolute atomic E-state index is 0.0457. The van der Waals surface area contributed by atoms with Crippen molar-refractivity contribution in [2.75, 3.05) is 47.5 Å². The molecule has 0 radical (unpaired) electrons.